The van der Waals surface area contributed by atoms with Crippen LogP contribution in [0.4, 0.5) is 0 Å². The molecule has 0 fully saturated rings. The van der Waals surface area contributed by atoms with Crippen LogP contribution in [-0.4, -0.2) is 16.9 Å². The normalized spacial score (nSPS) is 10.4. The van der Waals surface area contributed by atoms with Crippen LogP contribution in [0, 0.1) is 11.3 Å². The minimum absolute atomic E-state index is 0.272. The van der Waals surface area contributed by atoms with Crippen LogP contribution in [-0.2, 0) is 17.9 Å². The molecule has 0 saturated carbocycles. The molecule has 98 valence electrons. The maximum Gasteiger partial charge on any atom is 0.145 e. The van der Waals surface area contributed by atoms with Crippen LogP contribution >= 0.6 is 27.5 Å². The number of rotatable bonds is 4. The van der Waals surface area contributed by atoms with Crippen LogP contribution in [0.1, 0.15) is 16.8 Å². The van der Waals surface area contributed by atoms with Crippen LogP contribution in [0.3, 0.4) is 0 Å². The fourth-order valence-electron chi connectivity index (χ4n) is 1.75. The van der Waals surface area contributed by atoms with Crippen LogP contribution in [0.15, 0.2) is 28.7 Å². The molecule has 0 amide bonds. The minimum Gasteiger partial charge on any atom is -0.378 e. The summed E-state index contributed by atoms with van der Waals surface area (Å²) in [5, 5.41) is 13.8. The van der Waals surface area contributed by atoms with Gasteiger partial charge in [-0.15, -0.1) is 0 Å². The van der Waals surface area contributed by atoms with Crippen molar-refractivity contribution in [3.63, 3.8) is 0 Å². The number of methoxy groups -OCH3 is 1. The molecule has 1 aromatic carbocycles. The first-order valence-corrected chi connectivity index (χ1v) is 6.71. The Morgan fingerprint density at radius 3 is 2.95 bits per heavy atom. The Kier molecular flexibility index (Phi) is 4.59. The zero-order valence-corrected chi connectivity index (χ0v) is 12.6. The van der Waals surface area contributed by atoms with Crippen molar-refractivity contribution >= 4 is 27.5 Å². The Morgan fingerprint density at radius 1 is 1.53 bits per heavy atom. The summed E-state index contributed by atoms with van der Waals surface area (Å²) < 4.78 is 7.61. The summed E-state index contributed by atoms with van der Waals surface area (Å²) >= 11 is 9.58. The van der Waals surface area contributed by atoms with Crippen molar-refractivity contribution in [2.75, 3.05) is 7.11 Å². The van der Waals surface area contributed by atoms with E-state index in [9.17, 15) is 0 Å². The lowest BCUT2D eigenvalue weighted by Crippen LogP contribution is -2.02. The number of hydrogen-bond donors (Lipinski definition) is 0. The number of ether oxygens (including phenoxy) is 1. The van der Waals surface area contributed by atoms with E-state index in [1.54, 1.807) is 11.8 Å². The zero-order chi connectivity index (χ0) is 13.8. The van der Waals surface area contributed by atoms with Gasteiger partial charge in [0.25, 0.3) is 0 Å². The van der Waals surface area contributed by atoms with Crippen molar-refractivity contribution in [3.8, 4) is 6.07 Å². The summed E-state index contributed by atoms with van der Waals surface area (Å²) in [7, 11) is 1.56. The molecule has 4 nitrogen and oxygen atoms in total. The molecule has 0 spiro atoms. The molecule has 0 unspecified atom stereocenters. The number of aromatic nitrogens is 2. The van der Waals surface area contributed by atoms with E-state index >= 15 is 0 Å². The van der Waals surface area contributed by atoms with E-state index in [1.807, 2.05) is 24.3 Å². The second kappa shape index (κ2) is 6.20. The first kappa shape index (κ1) is 14.1. The van der Waals surface area contributed by atoms with Crippen LogP contribution < -0.4 is 0 Å². The Labute approximate surface area is 124 Å². The van der Waals surface area contributed by atoms with Gasteiger partial charge < -0.3 is 4.74 Å². The van der Waals surface area contributed by atoms with Gasteiger partial charge in [0.05, 0.1) is 13.2 Å². The number of halogens is 2. The van der Waals surface area contributed by atoms with Crippen molar-refractivity contribution in [2.45, 2.75) is 13.2 Å². The zero-order valence-electron chi connectivity index (χ0n) is 10.2. The predicted molar refractivity (Wildman–Crippen MR) is 75.9 cm³/mol. The maximum atomic E-state index is 9.10. The smallest absolute Gasteiger partial charge is 0.145 e. The molecule has 6 heteroatoms. The minimum atomic E-state index is 0.272. The van der Waals surface area contributed by atoms with Crippen molar-refractivity contribution in [2.24, 2.45) is 0 Å². The molecule has 0 aliphatic carbocycles. The molecule has 1 aromatic heterocycles. The Hall–Kier alpha value is -1.35. The molecule has 19 heavy (non-hydrogen) atoms. The molecule has 2 rings (SSSR count). The molecule has 1 heterocycles. The van der Waals surface area contributed by atoms with E-state index in [1.165, 1.54) is 0 Å². The van der Waals surface area contributed by atoms with Crippen molar-refractivity contribution < 1.29 is 4.74 Å². The van der Waals surface area contributed by atoms with Gasteiger partial charge in [-0.2, -0.15) is 10.4 Å². The summed E-state index contributed by atoms with van der Waals surface area (Å²) in [6.45, 7) is 0.783. The first-order valence-electron chi connectivity index (χ1n) is 5.54. The fraction of sp³-hybridized carbons (Fsp3) is 0.231. The summed E-state index contributed by atoms with van der Waals surface area (Å²) in [4.78, 5) is 0. The average molecular weight is 341 g/mol. The fourth-order valence-corrected chi connectivity index (χ4v) is 2.44. The van der Waals surface area contributed by atoms with Gasteiger partial charge in [0, 0.05) is 11.6 Å². The standard InChI is InChI=1S/C13H11BrClN3O/c1-19-8-12-11(6-16)13(15)18(17-12)7-9-3-2-4-10(14)5-9/h2-5H,7-8H2,1H3. The van der Waals surface area contributed by atoms with Gasteiger partial charge in [-0.25, -0.2) is 4.68 Å². The van der Waals surface area contributed by atoms with Crippen LogP contribution in [0.2, 0.25) is 5.15 Å². The average Bonchev–Trinajstić information content (AvgIpc) is 2.66. The molecule has 2 aromatic rings. The third-order valence-electron chi connectivity index (χ3n) is 2.58. The van der Waals surface area contributed by atoms with Crippen LogP contribution in [0.5, 0.6) is 0 Å². The number of hydrogen-bond acceptors (Lipinski definition) is 3. The summed E-state index contributed by atoms with van der Waals surface area (Å²) in [5.41, 5.74) is 1.98. The topological polar surface area (TPSA) is 50.8 Å². The van der Waals surface area contributed by atoms with Gasteiger partial charge >= 0.3 is 0 Å². The first-order chi connectivity index (χ1) is 9.15. The number of nitriles is 1. The second-order valence-corrected chi connectivity index (χ2v) is 5.22. The maximum absolute atomic E-state index is 9.10. The van der Waals surface area contributed by atoms with E-state index < -0.39 is 0 Å². The second-order valence-electron chi connectivity index (χ2n) is 3.94. The largest absolute Gasteiger partial charge is 0.378 e. The van der Waals surface area contributed by atoms with Gasteiger partial charge in [0.2, 0.25) is 0 Å². The highest BCUT2D eigenvalue weighted by Crippen LogP contribution is 2.21. The molecule has 0 atom stereocenters. The highest BCUT2D eigenvalue weighted by atomic mass is 79.9. The summed E-state index contributed by atoms with van der Waals surface area (Å²) in [6.07, 6.45) is 0. The number of nitrogens with zero attached hydrogens (tertiary/aromatic N) is 3. The summed E-state index contributed by atoms with van der Waals surface area (Å²) in [5.74, 6) is 0. The lowest BCUT2D eigenvalue weighted by atomic mass is 10.2. The quantitative estimate of drug-likeness (QED) is 0.857. The van der Waals surface area contributed by atoms with E-state index in [-0.39, 0.29) is 6.61 Å². The predicted octanol–water partition coefficient (Wildman–Crippen LogP) is 3.37. The SMILES string of the molecule is COCc1nn(Cc2cccc(Br)c2)c(Cl)c1C#N. The molecule has 0 N–H and O–H groups in total. The molecule has 0 aliphatic rings. The molecule has 0 radical (unpaired) electrons. The monoisotopic (exact) mass is 339 g/mol. The molecule has 0 bridgehead atoms. The van der Waals surface area contributed by atoms with Crippen molar-refractivity contribution in [3.05, 3.63) is 50.7 Å². The van der Waals surface area contributed by atoms with Crippen molar-refractivity contribution in [1.29, 1.82) is 5.26 Å². The van der Waals surface area contributed by atoms with Gasteiger partial charge in [0.1, 0.15) is 22.5 Å². The molecule has 0 saturated heterocycles. The lowest BCUT2D eigenvalue weighted by molar-refractivity contribution is 0.180. The molecular weight excluding hydrogens is 330 g/mol. The third-order valence-corrected chi connectivity index (χ3v) is 3.45. The van der Waals surface area contributed by atoms with E-state index in [0.717, 1.165) is 10.0 Å². The lowest BCUT2D eigenvalue weighted by Gasteiger charge is -2.03. The van der Waals surface area contributed by atoms with E-state index in [2.05, 4.69) is 27.1 Å². The van der Waals surface area contributed by atoms with E-state index in [0.29, 0.717) is 23.0 Å². The highest BCUT2D eigenvalue weighted by molar-refractivity contribution is 9.10. The van der Waals surface area contributed by atoms with Crippen LogP contribution in [0.25, 0.3) is 0 Å². The third kappa shape index (κ3) is 3.16. The van der Waals surface area contributed by atoms with E-state index in [4.69, 9.17) is 21.6 Å². The van der Waals surface area contributed by atoms with Gasteiger partial charge in [0.15, 0.2) is 0 Å². The molecule has 0 aliphatic heterocycles. The summed E-state index contributed by atoms with van der Waals surface area (Å²) in [6, 6.07) is 9.92. The Morgan fingerprint density at radius 2 is 2.32 bits per heavy atom. The van der Waals surface area contributed by atoms with Gasteiger partial charge in [-0.3, -0.25) is 0 Å². The molecular formula is C13H11BrClN3O. The van der Waals surface area contributed by atoms with Gasteiger partial charge in [-0.1, -0.05) is 39.7 Å². The Balaban J connectivity index is 2.33. The highest BCUT2D eigenvalue weighted by Gasteiger charge is 2.16. The van der Waals surface area contributed by atoms with Gasteiger partial charge in [-0.05, 0) is 17.7 Å². The van der Waals surface area contributed by atoms with Crippen molar-refractivity contribution in [1.82, 2.24) is 9.78 Å². The Bertz CT molecular complexity index is 633. The number of benzene rings is 1.